The van der Waals surface area contributed by atoms with Crippen LogP contribution in [-0.2, 0) is 14.3 Å². The number of halogens is 1. The summed E-state index contributed by atoms with van der Waals surface area (Å²) in [5, 5.41) is 6.56. The van der Waals surface area contributed by atoms with E-state index < -0.39 is 12.0 Å². The van der Waals surface area contributed by atoms with Gasteiger partial charge in [0.1, 0.15) is 0 Å². The molecule has 1 aromatic carbocycles. The molecule has 1 aliphatic rings. The summed E-state index contributed by atoms with van der Waals surface area (Å²) in [5.74, 6) is -0.0555. The van der Waals surface area contributed by atoms with Crippen molar-refractivity contribution in [3.63, 3.8) is 0 Å². The van der Waals surface area contributed by atoms with E-state index in [1.165, 1.54) is 7.11 Å². The Kier molecular flexibility index (Phi) is 8.49. The topological polar surface area (TPSA) is 85.9 Å². The summed E-state index contributed by atoms with van der Waals surface area (Å²) >= 11 is 11.7. The molecule has 30 heavy (non-hydrogen) atoms. The first-order valence-corrected chi connectivity index (χ1v) is 10.5. The average Bonchev–Trinajstić information content (AvgIpc) is 2.67. The number of esters is 2. The summed E-state index contributed by atoms with van der Waals surface area (Å²) in [5.41, 5.74) is 1.58. The minimum atomic E-state index is -0.602. The lowest BCUT2D eigenvalue weighted by molar-refractivity contribution is -0.139. The maximum atomic E-state index is 12.5. The molecule has 0 aliphatic carbocycles. The lowest BCUT2D eigenvalue weighted by Crippen LogP contribution is -2.45. The van der Waals surface area contributed by atoms with E-state index >= 15 is 0 Å². The highest BCUT2D eigenvalue weighted by Gasteiger charge is 2.32. The predicted molar refractivity (Wildman–Crippen MR) is 119 cm³/mol. The van der Waals surface area contributed by atoms with E-state index in [4.69, 9.17) is 38.0 Å². The average molecular weight is 455 g/mol. The van der Waals surface area contributed by atoms with Gasteiger partial charge in [0, 0.05) is 12.1 Å². The van der Waals surface area contributed by atoms with Crippen molar-refractivity contribution in [1.29, 1.82) is 0 Å². The number of benzene rings is 1. The first-order valence-electron chi connectivity index (χ1n) is 9.71. The standard InChI is InChI=1S/C21H27ClN2O5S/c1-6-28-20(26)17-12(4)23-21(30)24-18(17)13-9-14(22)19(15(10-13)27-5)29-16(25)8-7-11(2)3/h9-11,18H,6-8H2,1-5H3,(H2,23,24,30). The molecule has 2 rings (SSSR count). The van der Waals surface area contributed by atoms with Crippen molar-refractivity contribution in [2.45, 2.75) is 46.6 Å². The van der Waals surface area contributed by atoms with E-state index in [2.05, 4.69) is 10.6 Å². The molecule has 164 valence electrons. The van der Waals surface area contributed by atoms with Gasteiger partial charge in [-0.05, 0) is 56.1 Å². The van der Waals surface area contributed by atoms with Gasteiger partial charge in [-0.25, -0.2) is 4.79 Å². The summed E-state index contributed by atoms with van der Waals surface area (Å²) in [4.78, 5) is 24.7. The summed E-state index contributed by atoms with van der Waals surface area (Å²) in [7, 11) is 1.45. The molecule has 0 bridgehead atoms. The minimum Gasteiger partial charge on any atom is -0.493 e. The van der Waals surface area contributed by atoms with E-state index in [9.17, 15) is 9.59 Å². The molecule has 7 nitrogen and oxygen atoms in total. The van der Waals surface area contributed by atoms with Crippen LogP contribution in [0.3, 0.4) is 0 Å². The van der Waals surface area contributed by atoms with Gasteiger partial charge in [-0.15, -0.1) is 0 Å². The van der Waals surface area contributed by atoms with Crippen LogP contribution in [0.2, 0.25) is 5.02 Å². The summed E-state index contributed by atoms with van der Waals surface area (Å²) in [6, 6.07) is 2.68. The monoisotopic (exact) mass is 454 g/mol. The van der Waals surface area contributed by atoms with E-state index in [0.29, 0.717) is 34.3 Å². The van der Waals surface area contributed by atoms with Crippen molar-refractivity contribution in [2.75, 3.05) is 13.7 Å². The Morgan fingerprint density at radius 3 is 2.60 bits per heavy atom. The number of methoxy groups -OCH3 is 1. The highest BCUT2D eigenvalue weighted by molar-refractivity contribution is 7.80. The Bertz CT molecular complexity index is 869. The molecule has 1 atom stereocenters. The quantitative estimate of drug-likeness (QED) is 0.345. The van der Waals surface area contributed by atoms with Crippen LogP contribution in [0.4, 0.5) is 0 Å². The number of rotatable bonds is 8. The Morgan fingerprint density at radius 1 is 1.30 bits per heavy atom. The fourth-order valence-corrected chi connectivity index (χ4v) is 3.53. The molecule has 2 N–H and O–H groups in total. The Labute approximate surface area is 187 Å². The third-order valence-corrected chi connectivity index (χ3v) is 4.99. The molecule has 0 radical (unpaired) electrons. The lowest BCUT2D eigenvalue weighted by atomic mass is 9.95. The molecular weight excluding hydrogens is 428 g/mol. The second kappa shape index (κ2) is 10.6. The zero-order valence-corrected chi connectivity index (χ0v) is 19.3. The van der Waals surface area contributed by atoms with Crippen molar-refractivity contribution in [3.05, 3.63) is 34.0 Å². The van der Waals surface area contributed by atoms with Crippen LogP contribution in [0, 0.1) is 5.92 Å². The van der Waals surface area contributed by atoms with Gasteiger partial charge < -0.3 is 24.8 Å². The van der Waals surface area contributed by atoms with E-state index in [1.807, 2.05) is 13.8 Å². The van der Waals surface area contributed by atoms with Gasteiger partial charge in [0.2, 0.25) is 0 Å². The maximum Gasteiger partial charge on any atom is 0.338 e. The fraction of sp³-hybridized carbons (Fsp3) is 0.476. The molecule has 1 aromatic rings. The van der Waals surface area contributed by atoms with E-state index in [0.717, 1.165) is 0 Å². The number of nitrogens with one attached hydrogen (secondary N) is 2. The molecule has 0 spiro atoms. The lowest BCUT2D eigenvalue weighted by Gasteiger charge is -2.30. The number of hydrogen-bond acceptors (Lipinski definition) is 6. The van der Waals surface area contributed by atoms with Crippen molar-refractivity contribution < 1.29 is 23.8 Å². The second-order valence-electron chi connectivity index (χ2n) is 7.23. The third-order valence-electron chi connectivity index (χ3n) is 4.49. The molecular formula is C21H27ClN2O5S. The maximum absolute atomic E-state index is 12.5. The van der Waals surface area contributed by atoms with Gasteiger partial charge in [-0.3, -0.25) is 4.79 Å². The molecule has 0 saturated carbocycles. The number of carbonyl (C=O) groups excluding carboxylic acids is 2. The molecule has 0 fully saturated rings. The minimum absolute atomic E-state index is 0.145. The van der Waals surface area contributed by atoms with Gasteiger partial charge >= 0.3 is 11.9 Å². The van der Waals surface area contributed by atoms with Gasteiger partial charge in [-0.2, -0.15) is 0 Å². The summed E-state index contributed by atoms with van der Waals surface area (Å²) < 4.78 is 16.1. The number of carbonyl (C=O) groups is 2. The zero-order chi connectivity index (χ0) is 22.4. The number of hydrogen-bond donors (Lipinski definition) is 2. The molecule has 0 saturated heterocycles. The molecule has 1 aliphatic heterocycles. The highest BCUT2D eigenvalue weighted by atomic mass is 35.5. The smallest absolute Gasteiger partial charge is 0.338 e. The number of ether oxygens (including phenoxy) is 3. The third kappa shape index (κ3) is 5.86. The van der Waals surface area contributed by atoms with Crippen LogP contribution in [0.25, 0.3) is 0 Å². The highest BCUT2D eigenvalue weighted by Crippen LogP contribution is 2.40. The SMILES string of the molecule is CCOC(=O)C1=C(C)NC(=S)NC1c1cc(Cl)c(OC(=O)CCC(C)C)c(OC)c1. The van der Waals surface area contributed by atoms with Crippen LogP contribution in [0.5, 0.6) is 11.5 Å². The van der Waals surface area contributed by atoms with Crippen LogP contribution < -0.4 is 20.1 Å². The number of thiocarbonyl (C=S) groups is 1. The fourth-order valence-electron chi connectivity index (χ4n) is 3.00. The molecule has 9 heteroatoms. The van der Waals surface area contributed by atoms with Crippen molar-refractivity contribution in [2.24, 2.45) is 5.92 Å². The van der Waals surface area contributed by atoms with Gasteiger partial charge in [0.25, 0.3) is 0 Å². The molecule has 0 amide bonds. The first kappa shape index (κ1) is 24.0. The zero-order valence-electron chi connectivity index (χ0n) is 17.8. The second-order valence-corrected chi connectivity index (χ2v) is 8.05. The van der Waals surface area contributed by atoms with E-state index in [1.54, 1.807) is 26.0 Å². The summed E-state index contributed by atoms with van der Waals surface area (Å²) in [6.07, 6.45) is 0.984. The predicted octanol–water partition coefficient (Wildman–Crippen LogP) is 4.05. The Morgan fingerprint density at radius 2 is 2.00 bits per heavy atom. The largest absolute Gasteiger partial charge is 0.493 e. The van der Waals surface area contributed by atoms with Crippen molar-refractivity contribution in [1.82, 2.24) is 10.6 Å². The first-order chi connectivity index (χ1) is 14.2. The van der Waals surface area contributed by atoms with Crippen LogP contribution >= 0.6 is 23.8 Å². The molecule has 1 unspecified atom stereocenters. The van der Waals surface area contributed by atoms with Crippen molar-refractivity contribution >= 4 is 40.9 Å². The molecule has 1 heterocycles. The Balaban J connectivity index is 2.40. The summed E-state index contributed by atoms with van der Waals surface area (Å²) in [6.45, 7) is 7.78. The van der Waals surface area contributed by atoms with Crippen LogP contribution in [-0.4, -0.2) is 30.8 Å². The van der Waals surface area contributed by atoms with Gasteiger partial charge in [0.05, 0.1) is 30.4 Å². The number of allylic oxidation sites excluding steroid dienone is 1. The molecule has 0 aromatic heterocycles. The normalized spacial score (nSPS) is 16.1. The van der Waals surface area contributed by atoms with Gasteiger partial charge in [0.15, 0.2) is 16.6 Å². The van der Waals surface area contributed by atoms with Crippen LogP contribution in [0.15, 0.2) is 23.4 Å². The van der Waals surface area contributed by atoms with Crippen molar-refractivity contribution in [3.8, 4) is 11.5 Å². The van der Waals surface area contributed by atoms with Gasteiger partial charge in [-0.1, -0.05) is 25.4 Å². The Hall–Kier alpha value is -2.32. The van der Waals surface area contributed by atoms with Crippen LogP contribution in [0.1, 0.15) is 52.1 Å². The van der Waals surface area contributed by atoms with E-state index in [-0.39, 0.29) is 35.5 Å².